The number of aliphatic hydroxyl groups is 4. The number of aryl methyl sites for hydroxylation is 2. The van der Waals surface area contributed by atoms with Crippen molar-refractivity contribution in [3.63, 3.8) is 0 Å². The van der Waals surface area contributed by atoms with E-state index in [1.807, 2.05) is 49.6 Å². The molecule has 7 heterocycles. The molecule has 4 aromatic heterocycles. The van der Waals surface area contributed by atoms with Gasteiger partial charge in [-0.2, -0.15) is 0 Å². The molecule has 6 N–H and O–H groups in total. The number of nitrogens with one attached hydrogen (secondary N) is 2. The van der Waals surface area contributed by atoms with Crippen molar-refractivity contribution < 1.29 is 39.4 Å². The van der Waals surface area contributed by atoms with Crippen molar-refractivity contribution in [3.8, 4) is 0 Å². The van der Waals surface area contributed by atoms with Crippen LogP contribution in [0.5, 0.6) is 0 Å². The van der Waals surface area contributed by atoms with Crippen molar-refractivity contribution in [2.45, 2.75) is 95.7 Å². The molecule has 57 heavy (non-hydrogen) atoms. The molecule has 0 amide bonds. The maximum absolute atomic E-state index is 10.2. The van der Waals surface area contributed by atoms with Gasteiger partial charge in [-0.1, -0.05) is 59.7 Å². The van der Waals surface area contributed by atoms with Crippen molar-refractivity contribution in [3.05, 3.63) is 96.1 Å². The lowest BCUT2D eigenvalue weighted by atomic mass is 10.1. The number of hydrogen-bond donors (Lipinski definition) is 6. The summed E-state index contributed by atoms with van der Waals surface area (Å²) in [7, 11) is 0. The highest BCUT2D eigenvalue weighted by Gasteiger charge is 2.56. The summed E-state index contributed by atoms with van der Waals surface area (Å²) in [4.78, 5) is 26.1. The first-order chi connectivity index (χ1) is 27.5. The molecule has 0 spiro atoms. The number of ether oxygens (including phenoxy) is 4. The Morgan fingerprint density at radius 2 is 1.09 bits per heavy atom. The summed E-state index contributed by atoms with van der Waals surface area (Å²) in [6, 6.07) is 16.5. The molecule has 3 aliphatic heterocycles. The van der Waals surface area contributed by atoms with Crippen molar-refractivity contribution in [1.29, 1.82) is 0 Å². The van der Waals surface area contributed by atoms with Crippen LogP contribution in [0.15, 0.2) is 73.8 Å². The van der Waals surface area contributed by atoms with Crippen LogP contribution in [0.1, 0.15) is 48.6 Å². The fourth-order valence-corrected chi connectivity index (χ4v) is 7.26. The maximum atomic E-state index is 10.2. The number of anilines is 2. The van der Waals surface area contributed by atoms with Gasteiger partial charge in [0.05, 0.1) is 25.9 Å². The molecule has 18 heteroatoms. The topological polar surface area (TPSA) is 229 Å². The molecule has 8 atom stereocenters. The van der Waals surface area contributed by atoms with E-state index in [4.69, 9.17) is 18.9 Å². The smallest absolute Gasteiger partial charge is 0.167 e. The molecule has 18 nitrogen and oxygen atoms in total. The van der Waals surface area contributed by atoms with Gasteiger partial charge in [0, 0.05) is 13.1 Å². The van der Waals surface area contributed by atoms with Crippen LogP contribution in [0, 0.1) is 13.8 Å². The third-order valence-electron chi connectivity index (χ3n) is 10.2. The van der Waals surface area contributed by atoms with Crippen LogP contribution in [-0.2, 0) is 32.0 Å². The number of benzene rings is 2. The Hall–Kier alpha value is -5.18. The third kappa shape index (κ3) is 7.77. The molecule has 3 fully saturated rings. The summed E-state index contributed by atoms with van der Waals surface area (Å²) >= 11 is 0. The van der Waals surface area contributed by atoms with Crippen molar-refractivity contribution in [2.24, 2.45) is 0 Å². The molecule has 0 saturated carbocycles. The molecule has 0 aliphatic carbocycles. The van der Waals surface area contributed by atoms with E-state index in [0.29, 0.717) is 47.1 Å². The Morgan fingerprint density at radius 1 is 0.614 bits per heavy atom. The van der Waals surface area contributed by atoms with Gasteiger partial charge in [-0.3, -0.25) is 9.13 Å². The summed E-state index contributed by atoms with van der Waals surface area (Å²) in [5, 5.41) is 45.8. The average Bonchev–Trinajstić information content (AvgIpc) is 4.03. The fraction of sp³-hybridized carbons (Fsp3) is 0.436. The summed E-state index contributed by atoms with van der Waals surface area (Å²) in [5.74, 6) is 0.472. The molecule has 2 unspecified atom stereocenters. The Bertz CT molecular complexity index is 2300. The summed E-state index contributed by atoms with van der Waals surface area (Å²) in [6.45, 7) is 8.48. The van der Waals surface area contributed by atoms with Crippen LogP contribution < -0.4 is 10.6 Å². The van der Waals surface area contributed by atoms with E-state index in [1.165, 1.54) is 34.7 Å². The minimum atomic E-state index is -1.20. The maximum Gasteiger partial charge on any atom is 0.167 e. The Balaban J connectivity index is 0.000000161. The highest BCUT2D eigenvalue weighted by atomic mass is 16.8. The predicted octanol–water partition coefficient (Wildman–Crippen LogP) is 2.51. The number of fused-ring (bicyclic) bond motifs is 3. The molecular weight excluding hydrogens is 736 g/mol. The monoisotopic (exact) mass is 782 g/mol. The van der Waals surface area contributed by atoms with E-state index >= 15 is 0 Å². The van der Waals surface area contributed by atoms with Crippen LogP contribution in [0.2, 0.25) is 0 Å². The zero-order valence-electron chi connectivity index (χ0n) is 31.9. The fourth-order valence-electron chi connectivity index (χ4n) is 7.26. The van der Waals surface area contributed by atoms with E-state index in [2.05, 4.69) is 71.7 Å². The van der Waals surface area contributed by atoms with Crippen LogP contribution >= 0.6 is 0 Å². The lowest BCUT2D eigenvalue weighted by Crippen LogP contribution is -2.33. The van der Waals surface area contributed by atoms with E-state index in [0.717, 1.165) is 11.1 Å². The zero-order chi connectivity index (χ0) is 39.8. The van der Waals surface area contributed by atoms with Gasteiger partial charge in [0.2, 0.25) is 0 Å². The molecule has 6 aromatic rings. The quantitative estimate of drug-likeness (QED) is 0.117. The van der Waals surface area contributed by atoms with Gasteiger partial charge in [0.1, 0.15) is 49.3 Å². The molecular formula is C39H46N10O8. The van der Waals surface area contributed by atoms with E-state index in [1.54, 1.807) is 6.33 Å². The summed E-state index contributed by atoms with van der Waals surface area (Å²) < 4.78 is 27.0. The van der Waals surface area contributed by atoms with Crippen molar-refractivity contribution >= 4 is 34.0 Å². The van der Waals surface area contributed by atoms with E-state index < -0.39 is 42.7 Å². The highest BCUT2D eigenvalue weighted by molar-refractivity contribution is 5.83. The normalized spacial score (nSPS) is 26.4. The van der Waals surface area contributed by atoms with Gasteiger partial charge >= 0.3 is 0 Å². The minimum Gasteiger partial charge on any atom is -0.394 e. The van der Waals surface area contributed by atoms with Gasteiger partial charge in [-0.25, -0.2) is 29.9 Å². The number of imidazole rings is 2. The lowest BCUT2D eigenvalue weighted by Gasteiger charge is -2.24. The largest absolute Gasteiger partial charge is 0.394 e. The van der Waals surface area contributed by atoms with Crippen molar-refractivity contribution in [2.75, 3.05) is 23.8 Å². The Morgan fingerprint density at radius 3 is 1.58 bits per heavy atom. The van der Waals surface area contributed by atoms with Gasteiger partial charge in [0.25, 0.3) is 0 Å². The number of aromatic nitrogens is 8. The number of rotatable bonds is 10. The SMILES string of the molecule is Cc1ccc(CNc2ncnc3c2ncn3[C@@H]2O[C@H](CO)C(O)[C@@H]2O)cc1.Cc1ccc(CNc2ncnc3c2ncn3[C@@H]2O[C@H](CO)C3OC(C)(C)O[C@@H]32)cc1. The van der Waals surface area contributed by atoms with Crippen molar-refractivity contribution in [1.82, 2.24) is 39.0 Å². The summed E-state index contributed by atoms with van der Waals surface area (Å²) in [6.07, 6.45) is 0.246. The van der Waals surface area contributed by atoms with Gasteiger partial charge in [0.15, 0.2) is 52.2 Å². The molecule has 3 aliphatic rings. The third-order valence-corrected chi connectivity index (χ3v) is 10.2. The second kappa shape index (κ2) is 16.0. The molecule has 0 bridgehead atoms. The zero-order valence-corrected chi connectivity index (χ0v) is 31.9. The number of nitrogens with zero attached hydrogens (tertiary/aromatic N) is 8. The predicted molar refractivity (Wildman–Crippen MR) is 205 cm³/mol. The van der Waals surface area contributed by atoms with Crippen LogP contribution in [0.3, 0.4) is 0 Å². The van der Waals surface area contributed by atoms with E-state index in [-0.39, 0.29) is 25.4 Å². The van der Waals surface area contributed by atoms with Gasteiger partial charge < -0.3 is 50.0 Å². The van der Waals surface area contributed by atoms with Gasteiger partial charge in [-0.05, 0) is 38.8 Å². The number of hydrogen-bond acceptors (Lipinski definition) is 16. The first-order valence-corrected chi connectivity index (χ1v) is 18.7. The Kier molecular flexibility index (Phi) is 10.9. The second-order valence-electron chi connectivity index (χ2n) is 14.8. The molecule has 3 saturated heterocycles. The van der Waals surface area contributed by atoms with E-state index in [9.17, 15) is 20.4 Å². The Labute approximate surface area is 327 Å². The molecule has 0 radical (unpaired) electrons. The first kappa shape index (κ1) is 38.7. The standard InChI is InChI=1S/C21H25N5O4.C18H21N5O4/c1-12-4-6-13(7-5-12)8-22-18-15-19(24-10-23-18)26(11-25-15)20-17-16(14(9-27)28-20)29-21(2,3)30-17;1-10-2-4-11(5-3-10)6-19-16-13-17(21-8-20-16)23(9-22-13)18-15(26)14(25)12(7-24)27-18/h4-7,10-11,14,16-17,20,27H,8-9H2,1-3H3,(H,22,23,24);2-5,8-9,12,14-15,18,24-26H,6-7H2,1H3,(H,19,20,21)/t14-,16?,17+,20-;12-,14?,15+,18-/m11/s1. The molecule has 9 rings (SSSR count). The molecule has 300 valence electrons. The number of aliphatic hydroxyl groups excluding tert-OH is 4. The molecule has 2 aromatic carbocycles. The summed E-state index contributed by atoms with van der Waals surface area (Å²) in [5.41, 5.74) is 6.95. The van der Waals surface area contributed by atoms with Crippen LogP contribution in [0.4, 0.5) is 11.6 Å². The van der Waals surface area contributed by atoms with Gasteiger partial charge in [-0.15, -0.1) is 0 Å². The van der Waals surface area contributed by atoms with Crippen LogP contribution in [0.25, 0.3) is 22.3 Å². The first-order valence-electron chi connectivity index (χ1n) is 18.7. The second-order valence-corrected chi connectivity index (χ2v) is 14.8. The minimum absolute atomic E-state index is 0.151. The highest BCUT2D eigenvalue weighted by Crippen LogP contribution is 2.43. The lowest BCUT2D eigenvalue weighted by molar-refractivity contribution is -0.199. The van der Waals surface area contributed by atoms with Crippen LogP contribution in [-0.4, -0.2) is 115 Å². The average molecular weight is 783 g/mol.